The Morgan fingerprint density at radius 3 is 2.29 bits per heavy atom. The summed E-state index contributed by atoms with van der Waals surface area (Å²) < 4.78 is 2.29. The minimum atomic E-state index is 0.955. The number of nitrogens with zero attached hydrogens (tertiary/aromatic N) is 2. The molecule has 0 unspecified atom stereocenters. The Kier molecular flexibility index (Phi) is 3.80. The molecule has 2 aliphatic rings. The first-order valence-corrected chi connectivity index (χ1v) is 11.1. The van der Waals surface area contributed by atoms with Crippen LogP contribution in [0.2, 0.25) is 0 Å². The van der Waals surface area contributed by atoms with Crippen molar-refractivity contribution in [2.24, 2.45) is 7.05 Å². The van der Waals surface area contributed by atoms with Crippen LogP contribution in [-0.4, -0.2) is 4.98 Å². The van der Waals surface area contributed by atoms with Gasteiger partial charge < -0.3 is 0 Å². The SMILES string of the molecule is Cc1ccc2c(c1)-c1nc3c(cc1C2)Cc1c-3cc[n+](C)c1-c1cc(C)cc(C)c1C. The number of hydrogen-bond acceptors (Lipinski definition) is 1. The van der Waals surface area contributed by atoms with E-state index < -0.39 is 0 Å². The maximum Gasteiger partial charge on any atom is 0.216 e. The molecule has 0 fully saturated rings. The Bertz CT molecular complexity index is 1430. The first-order chi connectivity index (χ1) is 14.9. The highest BCUT2D eigenvalue weighted by atomic mass is 14.9. The molecule has 0 radical (unpaired) electrons. The summed E-state index contributed by atoms with van der Waals surface area (Å²) in [5.41, 5.74) is 18.5. The maximum absolute atomic E-state index is 5.27. The fourth-order valence-electron chi connectivity index (χ4n) is 5.54. The van der Waals surface area contributed by atoms with Crippen LogP contribution in [0.5, 0.6) is 0 Å². The lowest BCUT2D eigenvalue weighted by Gasteiger charge is -2.12. The van der Waals surface area contributed by atoms with Crippen molar-refractivity contribution in [2.75, 3.05) is 0 Å². The Balaban J connectivity index is 1.57. The Morgan fingerprint density at radius 2 is 1.45 bits per heavy atom. The molecule has 2 aromatic carbocycles. The molecule has 0 bridgehead atoms. The lowest BCUT2D eigenvalue weighted by molar-refractivity contribution is -0.660. The zero-order valence-electron chi connectivity index (χ0n) is 18.9. The molecule has 4 aromatic rings. The van der Waals surface area contributed by atoms with Gasteiger partial charge in [-0.05, 0) is 67.6 Å². The molecule has 2 heteroatoms. The van der Waals surface area contributed by atoms with Crippen molar-refractivity contribution < 1.29 is 4.57 Å². The molecule has 0 amide bonds. The summed E-state index contributed by atoms with van der Waals surface area (Å²) >= 11 is 0. The number of pyridine rings is 2. The van der Waals surface area contributed by atoms with Gasteiger partial charge in [-0.25, -0.2) is 9.55 Å². The van der Waals surface area contributed by atoms with Gasteiger partial charge in [-0.1, -0.05) is 35.4 Å². The molecule has 0 saturated heterocycles. The summed E-state index contributed by atoms with van der Waals surface area (Å²) in [6.07, 6.45) is 4.16. The van der Waals surface area contributed by atoms with Crippen molar-refractivity contribution >= 4 is 0 Å². The standard InChI is InChI=1S/C29H27N2/c1-16-6-7-20-13-21-14-22-15-26-23(27(22)30-28(21)25(20)11-16)8-9-31(5)29(26)24-12-17(2)10-18(3)19(24)4/h6-12,14H,13,15H2,1-5H3/q+1. The van der Waals surface area contributed by atoms with Crippen molar-refractivity contribution in [3.63, 3.8) is 0 Å². The van der Waals surface area contributed by atoms with E-state index in [-0.39, 0.29) is 0 Å². The highest BCUT2D eigenvalue weighted by molar-refractivity contribution is 5.84. The van der Waals surface area contributed by atoms with Crippen molar-refractivity contribution in [1.29, 1.82) is 0 Å². The predicted octanol–water partition coefficient (Wildman–Crippen LogP) is 5.95. The topological polar surface area (TPSA) is 16.8 Å². The molecule has 0 N–H and O–H groups in total. The van der Waals surface area contributed by atoms with Crippen LogP contribution in [0.25, 0.3) is 33.8 Å². The zero-order chi connectivity index (χ0) is 21.4. The van der Waals surface area contributed by atoms with Gasteiger partial charge in [-0.2, -0.15) is 0 Å². The van der Waals surface area contributed by atoms with Gasteiger partial charge in [0, 0.05) is 41.2 Å². The third-order valence-electron chi connectivity index (χ3n) is 7.20. The van der Waals surface area contributed by atoms with E-state index in [4.69, 9.17) is 4.98 Å². The van der Waals surface area contributed by atoms with E-state index in [1.54, 1.807) is 0 Å². The number of aryl methyl sites for hydroxylation is 4. The van der Waals surface area contributed by atoms with Crippen LogP contribution in [0.3, 0.4) is 0 Å². The molecule has 0 saturated carbocycles. The third-order valence-corrected chi connectivity index (χ3v) is 7.20. The van der Waals surface area contributed by atoms with Crippen LogP contribution >= 0.6 is 0 Å². The van der Waals surface area contributed by atoms with Crippen LogP contribution in [-0.2, 0) is 19.9 Å². The number of rotatable bonds is 1. The van der Waals surface area contributed by atoms with Gasteiger partial charge in [-0.3, -0.25) is 0 Å². The summed E-state index contributed by atoms with van der Waals surface area (Å²) in [5, 5.41) is 0. The van der Waals surface area contributed by atoms with Crippen molar-refractivity contribution in [2.45, 2.75) is 40.5 Å². The van der Waals surface area contributed by atoms with Gasteiger partial charge >= 0.3 is 0 Å². The van der Waals surface area contributed by atoms with E-state index in [0.29, 0.717) is 0 Å². The van der Waals surface area contributed by atoms with Gasteiger partial charge in [0.05, 0.1) is 11.4 Å². The lowest BCUT2D eigenvalue weighted by Crippen LogP contribution is -2.32. The van der Waals surface area contributed by atoms with E-state index in [9.17, 15) is 0 Å². The van der Waals surface area contributed by atoms with Gasteiger partial charge in [0.2, 0.25) is 5.69 Å². The molecule has 2 nitrogen and oxygen atoms in total. The fraction of sp³-hybridized carbons (Fsp3) is 0.241. The number of fused-ring (bicyclic) bond motifs is 6. The second-order valence-electron chi connectivity index (χ2n) is 9.44. The zero-order valence-corrected chi connectivity index (χ0v) is 18.9. The fourth-order valence-corrected chi connectivity index (χ4v) is 5.54. The smallest absolute Gasteiger partial charge is 0.216 e. The average molecular weight is 404 g/mol. The van der Waals surface area contributed by atoms with Gasteiger partial charge in [-0.15, -0.1) is 0 Å². The molecular formula is C29H27N2+. The molecule has 0 aliphatic heterocycles. The Labute approximate surface area is 184 Å². The first kappa shape index (κ1) is 18.5. The number of hydrogen-bond donors (Lipinski definition) is 0. The van der Waals surface area contributed by atoms with Gasteiger partial charge in [0.25, 0.3) is 0 Å². The summed E-state index contributed by atoms with van der Waals surface area (Å²) in [5.74, 6) is 0. The molecule has 2 heterocycles. The highest BCUT2D eigenvalue weighted by Gasteiger charge is 2.32. The molecule has 6 rings (SSSR count). The largest absolute Gasteiger partial charge is 0.247 e. The summed E-state index contributed by atoms with van der Waals surface area (Å²) in [6, 6.07) is 16.1. The van der Waals surface area contributed by atoms with E-state index >= 15 is 0 Å². The van der Waals surface area contributed by atoms with Crippen molar-refractivity contribution in [3.05, 3.63) is 93.2 Å². The summed E-state index contributed by atoms with van der Waals surface area (Å²) in [4.78, 5) is 5.27. The molecule has 0 spiro atoms. The van der Waals surface area contributed by atoms with Gasteiger partial charge in [0.1, 0.15) is 7.05 Å². The molecular weight excluding hydrogens is 376 g/mol. The van der Waals surface area contributed by atoms with Crippen molar-refractivity contribution in [1.82, 2.24) is 4.98 Å². The Hall–Kier alpha value is -3.26. The van der Waals surface area contributed by atoms with Crippen LogP contribution in [0.15, 0.2) is 48.7 Å². The van der Waals surface area contributed by atoms with Crippen LogP contribution < -0.4 is 4.57 Å². The molecule has 2 aromatic heterocycles. The quantitative estimate of drug-likeness (QED) is 0.310. The monoisotopic (exact) mass is 403 g/mol. The first-order valence-electron chi connectivity index (χ1n) is 11.1. The number of aromatic nitrogens is 2. The van der Waals surface area contributed by atoms with Crippen molar-refractivity contribution in [3.8, 4) is 33.8 Å². The second kappa shape index (κ2) is 6.37. The van der Waals surface area contributed by atoms with Crippen LogP contribution in [0, 0.1) is 27.7 Å². The van der Waals surface area contributed by atoms with Crippen LogP contribution in [0.1, 0.15) is 44.5 Å². The molecule has 31 heavy (non-hydrogen) atoms. The minimum Gasteiger partial charge on any atom is -0.247 e. The predicted molar refractivity (Wildman–Crippen MR) is 126 cm³/mol. The summed E-state index contributed by atoms with van der Waals surface area (Å²) in [7, 11) is 2.17. The van der Waals surface area contributed by atoms with E-state index in [2.05, 4.69) is 88.0 Å². The molecule has 0 atom stereocenters. The maximum atomic E-state index is 5.27. The highest BCUT2D eigenvalue weighted by Crippen LogP contribution is 2.44. The van der Waals surface area contributed by atoms with E-state index in [1.165, 1.54) is 78.3 Å². The average Bonchev–Trinajstić information content (AvgIpc) is 3.26. The van der Waals surface area contributed by atoms with E-state index in [0.717, 1.165) is 12.8 Å². The number of benzene rings is 2. The second-order valence-corrected chi connectivity index (χ2v) is 9.44. The third kappa shape index (κ3) is 2.64. The molecule has 152 valence electrons. The Morgan fingerprint density at radius 1 is 0.710 bits per heavy atom. The normalized spacial score (nSPS) is 13.1. The molecule has 2 aliphatic carbocycles. The summed E-state index contributed by atoms with van der Waals surface area (Å²) in [6.45, 7) is 8.83. The minimum absolute atomic E-state index is 0.955. The lowest BCUT2D eigenvalue weighted by atomic mass is 9.93. The van der Waals surface area contributed by atoms with Gasteiger partial charge in [0.15, 0.2) is 6.20 Å². The van der Waals surface area contributed by atoms with Crippen LogP contribution in [0.4, 0.5) is 0 Å². The van der Waals surface area contributed by atoms with E-state index in [1.807, 2.05) is 0 Å².